The van der Waals surface area contributed by atoms with E-state index in [9.17, 15) is 9.59 Å². The third kappa shape index (κ3) is 2.88. The van der Waals surface area contributed by atoms with Crippen LogP contribution < -0.4 is 11.1 Å². The Morgan fingerprint density at radius 3 is 2.42 bits per heavy atom. The van der Waals surface area contributed by atoms with Crippen LogP contribution in [0.1, 0.15) is 21.6 Å². The Morgan fingerprint density at radius 2 is 1.75 bits per heavy atom. The average Bonchev–Trinajstić information content (AvgIpc) is 2.81. The molecule has 0 saturated heterocycles. The molecule has 0 bridgehead atoms. The van der Waals surface area contributed by atoms with Crippen LogP contribution in [0.25, 0.3) is 10.9 Å². The maximum absolute atomic E-state index is 12.4. The molecule has 0 aliphatic rings. The summed E-state index contributed by atoms with van der Waals surface area (Å²) in [6.07, 6.45) is 0.296. The highest BCUT2D eigenvalue weighted by molar-refractivity contribution is 5.97. The van der Waals surface area contributed by atoms with Crippen LogP contribution in [0.3, 0.4) is 0 Å². The van der Waals surface area contributed by atoms with E-state index in [1.165, 1.54) is 0 Å². The van der Waals surface area contributed by atoms with E-state index < -0.39 is 5.91 Å². The number of amides is 2. The molecule has 0 unspecified atom stereocenters. The zero-order chi connectivity index (χ0) is 17.3. The fourth-order valence-electron chi connectivity index (χ4n) is 2.91. The van der Waals surface area contributed by atoms with E-state index in [2.05, 4.69) is 9.88 Å². The van der Waals surface area contributed by atoms with Gasteiger partial charge < -0.3 is 15.6 Å². The van der Waals surface area contributed by atoms with Gasteiger partial charge >= 0.3 is 0 Å². The first-order valence-corrected chi connectivity index (χ1v) is 7.70. The molecule has 122 valence electrons. The van der Waals surface area contributed by atoms with E-state index in [-0.39, 0.29) is 5.91 Å². The number of nitrogens with two attached hydrogens (primary N) is 1. The van der Waals surface area contributed by atoms with Gasteiger partial charge in [-0.2, -0.15) is 0 Å². The normalized spacial score (nSPS) is 10.8. The maximum atomic E-state index is 12.4. The molecular formula is C19H19N3O2. The Balaban J connectivity index is 1.80. The molecule has 0 aliphatic heterocycles. The molecule has 3 rings (SSSR count). The Labute approximate surface area is 140 Å². The first-order valence-electron chi connectivity index (χ1n) is 7.70. The molecule has 0 saturated carbocycles. The molecule has 0 fully saturated rings. The second-order valence-electron chi connectivity index (χ2n) is 5.81. The monoisotopic (exact) mass is 321 g/mol. The summed E-state index contributed by atoms with van der Waals surface area (Å²) in [5.74, 6) is -0.583. The van der Waals surface area contributed by atoms with Gasteiger partial charge in [-0.15, -0.1) is 0 Å². The predicted molar refractivity (Wildman–Crippen MR) is 94.9 cm³/mol. The Bertz CT molecular complexity index is 924. The topological polar surface area (TPSA) is 77.1 Å². The van der Waals surface area contributed by atoms with Gasteiger partial charge in [-0.1, -0.05) is 18.2 Å². The van der Waals surface area contributed by atoms with E-state index >= 15 is 0 Å². The number of benzene rings is 2. The second-order valence-corrected chi connectivity index (χ2v) is 5.81. The number of hydrogen-bond acceptors (Lipinski definition) is 2. The summed E-state index contributed by atoms with van der Waals surface area (Å²) in [5.41, 5.74) is 9.49. The number of fused-ring (bicyclic) bond motifs is 1. The minimum Gasteiger partial charge on any atom is -0.366 e. The van der Waals surface area contributed by atoms with Crippen molar-refractivity contribution in [3.05, 3.63) is 65.4 Å². The van der Waals surface area contributed by atoms with Crippen molar-refractivity contribution in [2.24, 2.45) is 12.8 Å². The van der Waals surface area contributed by atoms with Crippen LogP contribution in [-0.2, 0) is 18.3 Å². The summed E-state index contributed by atoms with van der Waals surface area (Å²) in [4.78, 5) is 23.5. The van der Waals surface area contributed by atoms with Crippen LogP contribution in [-0.4, -0.2) is 16.4 Å². The van der Waals surface area contributed by atoms with Gasteiger partial charge in [0, 0.05) is 34.9 Å². The summed E-state index contributed by atoms with van der Waals surface area (Å²) in [7, 11) is 2.00. The van der Waals surface area contributed by atoms with E-state index in [4.69, 9.17) is 5.73 Å². The highest BCUT2D eigenvalue weighted by atomic mass is 16.2. The molecule has 0 spiro atoms. The molecule has 0 atom stereocenters. The number of rotatable bonds is 4. The number of hydrogen-bond donors (Lipinski definition) is 2. The molecule has 3 N–H and O–H groups in total. The minimum atomic E-state index is -0.487. The molecule has 5 heteroatoms. The SMILES string of the molecule is Cc1c(CC(=O)Nc2ccc(C(N)=O)cc2)c2ccccc2n1C. The number of nitrogens with one attached hydrogen (secondary N) is 1. The fourth-order valence-corrected chi connectivity index (χ4v) is 2.91. The van der Waals surface area contributed by atoms with Gasteiger partial charge in [-0.05, 0) is 42.8 Å². The van der Waals surface area contributed by atoms with Crippen molar-refractivity contribution in [3.63, 3.8) is 0 Å². The van der Waals surface area contributed by atoms with Crippen molar-refractivity contribution in [3.8, 4) is 0 Å². The van der Waals surface area contributed by atoms with E-state index in [0.29, 0.717) is 17.7 Å². The number of carbonyl (C=O) groups excluding carboxylic acids is 2. The molecule has 3 aromatic rings. The van der Waals surface area contributed by atoms with Crippen LogP contribution in [0.2, 0.25) is 0 Å². The molecule has 0 aliphatic carbocycles. The molecule has 0 radical (unpaired) electrons. The first kappa shape index (κ1) is 15.8. The predicted octanol–water partition coefficient (Wildman–Crippen LogP) is 2.77. The van der Waals surface area contributed by atoms with Crippen molar-refractivity contribution >= 4 is 28.4 Å². The average molecular weight is 321 g/mol. The molecule has 1 heterocycles. The lowest BCUT2D eigenvalue weighted by molar-refractivity contribution is -0.115. The number of nitrogens with zero attached hydrogens (tertiary/aromatic N) is 1. The quantitative estimate of drug-likeness (QED) is 0.775. The lowest BCUT2D eigenvalue weighted by Gasteiger charge is -2.06. The van der Waals surface area contributed by atoms with Crippen molar-refractivity contribution in [1.29, 1.82) is 0 Å². The fraction of sp³-hybridized carbons (Fsp3) is 0.158. The summed E-state index contributed by atoms with van der Waals surface area (Å²) >= 11 is 0. The van der Waals surface area contributed by atoms with Crippen molar-refractivity contribution < 1.29 is 9.59 Å². The number of para-hydroxylation sites is 1. The van der Waals surface area contributed by atoms with Gasteiger partial charge in [0.2, 0.25) is 11.8 Å². The second kappa shape index (κ2) is 6.20. The Kier molecular flexibility index (Phi) is 4.08. The van der Waals surface area contributed by atoms with Crippen molar-refractivity contribution in [2.45, 2.75) is 13.3 Å². The Morgan fingerprint density at radius 1 is 1.08 bits per heavy atom. The largest absolute Gasteiger partial charge is 0.366 e. The summed E-state index contributed by atoms with van der Waals surface area (Å²) in [6, 6.07) is 14.6. The van der Waals surface area contributed by atoms with Crippen LogP contribution in [0.15, 0.2) is 48.5 Å². The number of aryl methyl sites for hydroxylation is 1. The van der Waals surface area contributed by atoms with Gasteiger partial charge in [0.05, 0.1) is 6.42 Å². The van der Waals surface area contributed by atoms with Crippen LogP contribution in [0.5, 0.6) is 0 Å². The van der Waals surface area contributed by atoms with Crippen LogP contribution in [0, 0.1) is 6.92 Å². The van der Waals surface area contributed by atoms with Gasteiger partial charge in [0.15, 0.2) is 0 Å². The number of primary amides is 1. The lowest BCUT2D eigenvalue weighted by Crippen LogP contribution is -2.15. The van der Waals surface area contributed by atoms with E-state index in [1.54, 1.807) is 24.3 Å². The third-order valence-electron chi connectivity index (χ3n) is 4.32. The molecule has 24 heavy (non-hydrogen) atoms. The molecule has 2 amide bonds. The van der Waals surface area contributed by atoms with Crippen LogP contribution >= 0.6 is 0 Å². The molecule has 5 nitrogen and oxygen atoms in total. The van der Waals surface area contributed by atoms with Crippen molar-refractivity contribution in [2.75, 3.05) is 5.32 Å². The van der Waals surface area contributed by atoms with Gasteiger partial charge in [0.1, 0.15) is 0 Å². The van der Waals surface area contributed by atoms with Crippen LogP contribution in [0.4, 0.5) is 5.69 Å². The zero-order valence-corrected chi connectivity index (χ0v) is 13.7. The third-order valence-corrected chi connectivity index (χ3v) is 4.32. The number of anilines is 1. The van der Waals surface area contributed by atoms with Gasteiger partial charge in [0.25, 0.3) is 0 Å². The Hall–Kier alpha value is -3.08. The number of aromatic nitrogens is 1. The summed E-state index contributed by atoms with van der Waals surface area (Å²) in [6.45, 7) is 2.02. The van der Waals surface area contributed by atoms with Gasteiger partial charge in [-0.25, -0.2) is 0 Å². The standard InChI is InChI=1S/C19H19N3O2/c1-12-16(15-5-3-4-6-17(15)22(12)2)11-18(23)21-14-9-7-13(8-10-14)19(20)24/h3-10H,11H2,1-2H3,(H2,20,24)(H,21,23). The maximum Gasteiger partial charge on any atom is 0.248 e. The highest BCUT2D eigenvalue weighted by Gasteiger charge is 2.14. The van der Waals surface area contributed by atoms with Crippen molar-refractivity contribution in [1.82, 2.24) is 4.57 Å². The zero-order valence-electron chi connectivity index (χ0n) is 13.7. The lowest BCUT2D eigenvalue weighted by atomic mass is 10.1. The number of carbonyl (C=O) groups is 2. The summed E-state index contributed by atoms with van der Waals surface area (Å²) in [5, 5.41) is 3.95. The first-order chi connectivity index (χ1) is 11.5. The van der Waals surface area contributed by atoms with Gasteiger partial charge in [-0.3, -0.25) is 9.59 Å². The highest BCUT2D eigenvalue weighted by Crippen LogP contribution is 2.25. The minimum absolute atomic E-state index is 0.0960. The summed E-state index contributed by atoms with van der Waals surface area (Å²) < 4.78 is 2.10. The molecule has 2 aromatic carbocycles. The molecule has 1 aromatic heterocycles. The van der Waals surface area contributed by atoms with E-state index in [1.807, 2.05) is 38.2 Å². The smallest absolute Gasteiger partial charge is 0.248 e. The van der Waals surface area contributed by atoms with E-state index in [0.717, 1.165) is 22.2 Å². The molecular weight excluding hydrogens is 302 g/mol.